The quantitative estimate of drug-likeness (QED) is 0.819. The summed E-state index contributed by atoms with van der Waals surface area (Å²) in [5.41, 5.74) is 1.93. The fraction of sp³-hybridized carbons (Fsp3) is 0.176. The van der Waals surface area contributed by atoms with Gasteiger partial charge in [-0.3, -0.25) is 9.59 Å². The van der Waals surface area contributed by atoms with Gasteiger partial charge >= 0.3 is 0 Å². The average molecular weight is 409 g/mol. The summed E-state index contributed by atoms with van der Waals surface area (Å²) < 4.78 is 0.726. The third-order valence-corrected chi connectivity index (χ3v) is 4.70. The van der Waals surface area contributed by atoms with Crippen LogP contribution in [0.2, 0.25) is 5.02 Å². The third-order valence-electron chi connectivity index (χ3n) is 3.70. The second-order valence-electron chi connectivity index (χ2n) is 5.37. The van der Waals surface area contributed by atoms with Crippen molar-refractivity contribution in [2.24, 2.45) is 0 Å². The second kappa shape index (κ2) is 7.23. The van der Waals surface area contributed by atoms with Crippen molar-refractivity contribution in [1.29, 1.82) is 0 Å². The normalized spacial score (nSPS) is 14.2. The molecule has 0 spiro atoms. The third kappa shape index (κ3) is 3.71. The van der Waals surface area contributed by atoms with E-state index in [9.17, 15) is 9.59 Å². The zero-order valence-electron chi connectivity index (χ0n) is 12.7. The first-order chi connectivity index (χ1) is 11.5. The highest BCUT2D eigenvalue weighted by atomic mass is 79.9. The maximum absolute atomic E-state index is 12.3. The smallest absolute Gasteiger partial charge is 0.256 e. The molecule has 0 bridgehead atoms. The Bertz CT molecular complexity index is 797. The predicted molar refractivity (Wildman–Crippen MR) is 98.8 cm³/mol. The zero-order valence-corrected chi connectivity index (χ0v) is 15.0. The van der Waals surface area contributed by atoms with Crippen LogP contribution in [0.4, 0.5) is 11.4 Å². The molecule has 7 heteroatoms. The number of hydrogen-bond donors (Lipinski definition) is 2. The van der Waals surface area contributed by atoms with Crippen LogP contribution in [0.5, 0.6) is 0 Å². The highest BCUT2D eigenvalue weighted by Gasteiger charge is 2.19. The molecule has 1 saturated heterocycles. The fourth-order valence-corrected chi connectivity index (χ4v) is 3.29. The van der Waals surface area contributed by atoms with E-state index in [4.69, 9.17) is 11.6 Å². The zero-order chi connectivity index (χ0) is 17.1. The van der Waals surface area contributed by atoms with Crippen molar-refractivity contribution in [2.75, 3.05) is 29.9 Å². The molecule has 0 saturated carbocycles. The summed E-state index contributed by atoms with van der Waals surface area (Å²) in [6.07, 6.45) is 0. The van der Waals surface area contributed by atoms with Crippen LogP contribution in [-0.4, -0.2) is 31.4 Å². The Hall–Kier alpha value is -2.05. The van der Waals surface area contributed by atoms with Crippen molar-refractivity contribution in [3.8, 4) is 0 Å². The standard InChI is InChI=1S/C17H15BrClN3O2/c18-13-4-2-1-3-12(13)17(24)21-11-5-6-15(14(19)9-11)22-8-7-20-16(23)10-22/h1-6,9H,7-8,10H2,(H,20,23)(H,21,24). The van der Waals surface area contributed by atoms with E-state index in [2.05, 4.69) is 26.6 Å². The van der Waals surface area contributed by atoms with Gasteiger partial charge in [-0.1, -0.05) is 23.7 Å². The predicted octanol–water partition coefficient (Wildman–Crippen LogP) is 3.29. The molecule has 2 aromatic rings. The fourth-order valence-electron chi connectivity index (χ4n) is 2.53. The molecule has 5 nitrogen and oxygen atoms in total. The van der Waals surface area contributed by atoms with Gasteiger partial charge in [0.05, 0.1) is 22.8 Å². The van der Waals surface area contributed by atoms with E-state index >= 15 is 0 Å². The lowest BCUT2D eigenvalue weighted by Crippen LogP contribution is -2.47. The summed E-state index contributed by atoms with van der Waals surface area (Å²) in [6.45, 7) is 1.58. The number of piperazine rings is 1. The van der Waals surface area contributed by atoms with E-state index < -0.39 is 0 Å². The van der Waals surface area contributed by atoms with Crippen molar-refractivity contribution >= 4 is 50.7 Å². The summed E-state index contributed by atoms with van der Waals surface area (Å²) >= 11 is 9.70. The molecule has 1 heterocycles. The Labute approximate surface area is 153 Å². The van der Waals surface area contributed by atoms with Crippen LogP contribution in [0.25, 0.3) is 0 Å². The number of nitrogens with one attached hydrogen (secondary N) is 2. The van der Waals surface area contributed by atoms with E-state index in [-0.39, 0.29) is 18.4 Å². The van der Waals surface area contributed by atoms with Crippen molar-refractivity contribution in [3.63, 3.8) is 0 Å². The monoisotopic (exact) mass is 407 g/mol. The first-order valence-corrected chi connectivity index (χ1v) is 8.59. The van der Waals surface area contributed by atoms with Crippen molar-refractivity contribution in [1.82, 2.24) is 5.32 Å². The summed E-state index contributed by atoms with van der Waals surface area (Å²) in [5, 5.41) is 6.10. The number of benzene rings is 2. The van der Waals surface area contributed by atoms with Crippen LogP contribution < -0.4 is 15.5 Å². The minimum atomic E-state index is -0.219. The average Bonchev–Trinajstić information content (AvgIpc) is 2.55. The molecule has 0 aromatic heterocycles. The van der Waals surface area contributed by atoms with Crippen LogP contribution in [0.1, 0.15) is 10.4 Å². The van der Waals surface area contributed by atoms with Crippen molar-refractivity contribution in [2.45, 2.75) is 0 Å². The highest BCUT2D eigenvalue weighted by molar-refractivity contribution is 9.10. The van der Waals surface area contributed by atoms with Gasteiger partial charge in [0.15, 0.2) is 0 Å². The molecule has 2 amide bonds. The van der Waals surface area contributed by atoms with E-state index in [1.54, 1.807) is 24.3 Å². The number of halogens is 2. The number of carbonyl (C=O) groups excluding carboxylic acids is 2. The van der Waals surface area contributed by atoms with Gasteiger partial charge in [0, 0.05) is 23.2 Å². The molecule has 0 radical (unpaired) electrons. The number of hydrogen-bond acceptors (Lipinski definition) is 3. The minimum absolute atomic E-state index is 0.0244. The molecular weight excluding hydrogens is 394 g/mol. The molecule has 0 aliphatic carbocycles. The minimum Gasteiger partial charge on any atom is -0.359 e. The van der Waals surface area contributed by atoms with E-state index in [0.717, 1.165) is 10.2 Å². The van der Waals surface area contributed by atoms with Crippen LogP contribution >= 0.6 is 27.5 Å². The molecular formula is C17H15BrClN3O2. The van der Waals surface area contributed by atoms with Gasteiger partial charge in [-0.2, -0.15) is 0 Å². The van der Waals surface area contributed by atoms with Gasteiger partial charge in [-0.25, -0.2) is 0 Å². The molecule has 24 heavy (non-hydrogen) atoms. The van der Waals surface area contributed by atoms with Crippen LogP contribution in [0.15, 0.2) is 46.9 Å². The lowest BCUT2D eigenvalue weighted by Gasteiger charge is -2.29. The summed E-state index contributed by atoms with van der Waals surface area (Å²) in [5.74, 6) is -0.243. The first-order valence-electron chi connectivity index (χ1n) is 7.41. The lowest BCUT2D eigenvalue weighted by molar-refractivity contribution is -0.120. The maximum Gasteiger partial charge on any atom is 0.256 e. The molecule has 2 aromatic carbocycles. The largest absolute Gasteiger partial charge is 0.359 e. The lowest BCUT2D eigenvalue weighted by atomic mass is 10.2. The summed E-state index contributed by atoms with van der Waals surface area (Å²) in [4.78, 5) is 25.7. The van der Waals surface area contributed by atoms with Crippen LogP contribution in [-0.2, 0) is 4.79 Å². The molecule has 3 rings (SSSR count). The Morgan fingerprint density at radius 2 is 2.04 bits per heavy atom. The first kappa shape index (κ1) is 16.8. The van der Waals surface area contributed by atoms with E-state index in [1.807, 2.05) is 23.1 Å². The number of amides is 2. The molecule has 1 aliphatic heterocycles. The van der Waals surface area contributed by atoms with Gasteiger partial charge in [0.2, 0.25) is 5.91 Å². The SMILES string of the molecule is O=C1CN(c2ccc(NC(=O)c3ccccc3Br)cc2Cl)CCN1. The van der Waals surface area contributed by atoms with Crippen LogP contribution in [0, 0.1) is 0 Å². The Balaban J connectivity index is 1.76. The molecule has 0 unspecified atom stereocenters. The van der Waals surface area contributed by atoms with Gasteiger partial charge in [-0.05, 0) is 46.3 Å². The summed E-state index contributed by atoms with van der Waals surface area (Å²) in [7, 11) is 0. The highest BCUT2D eigenvalue weighted by Crippen LogP contribution is 2.29. The van der Waals surface area contributed by atoms with Gasteiger partial charge in [0.25, 0.3) is 5.91 Å². The molecule has 0 atom stereocenters. The number of carbonyl (C=O) groups is 2. The molecule has 2 N–H and O–H groups in total. The van der Waals surface area contributed by atoms with Gasteiger partial charge < -0.3 is 15.5 Å². The Morgan fingerprint density at radius 3 is 2.75 bits per heavy atom. The van der Waals surface area contributed by atoms with Gasteiger partial charge in [-0.15, -0.1) is 0 Å². The van der Waals surface area contributed by atoms with E-state index in [0.29, 0.717) is 29.4 Å². The Morgan fingerprint density at radius 1 is 1.25 bits per heavy atom. The maximum atomic E-state index is 12.3. The molecule has 124 valence electrons. The van der Waals surface area contributed by atoms with Gasteiger partial charge in [0.1, 0.15) is 0 Å². The second-order valence-corrected chi connectivity index (χ2v) is 6.63. The van der Waals surface area contributed by atoms with Crippen molar-refractivity contribution < 1.29 is 9.59 Å². The molecule has 1 aliphatic rings. The number of rotatable bonds is 3. The van der Waals surface area contributed by atoms with Crippen LogP contribution in [0.3, 0.4) is 0 Å². The topological polar surface area (TPSA) is 61.4 Å². The Kier molecular flexibility index (Phi) is 5.06. The number of anilines is 2. The van der Waals surface area contributed by atoms with E-state index in [1.165, 1.54) is 0 Å². The number of nitrogens with zero attached hydrogens (tertiary/aromatic N) is 1. The molecule has 1 fully saturated rings. The van der Waals surface area contributed by atoms with Crippen molar-refractivity contribution in [3.05, 3.63) is 57.5 Å². The summed E-state index contributed by atoms with van der Waals surface area (Å²) in [6, 6.07) is 12.5.